The van der Waals surface area contributed by atoms with Crippen LogP contribution in [-0.2, 0) is 6.54 Å². The van der Waals surface area contributed by atoms with Gasteiger partial charge in [0.1, 0.15) is 5.82 Å². The first-order valence-corrected chi connectivity index (χ1v) is 9.72. The molecule has 1 aliphatic rings. The minimum Gasteiger partial charge on any atom is -0.337 e. The summed E-state index contributed by atoms with van der Waals surface area (Å²) in [5.41, 5.74) is 2.27. The molecule has 7 heteroatoms. The van der Waals surface area contributed by atoms with Crippen molar-refractivity contribution in [3.63, 3.8) is 0 Å². The number of halogens is 2. The van der Waals surface area contributed by atoms with Crippen molar-refractivity contribution in [2.24, 2.45) is 0 Å². The lowest BCUT2D eigenvalue weighted by Crippen LogP contribution is -2.40. The molecule has 1 atom stereocenters. The summed E-state index contributed by atoms with van der Waals surface area (Å²) < 4.78 is 16.1. The fraction of sp³-hybridized carbons (Fsp3) is 0.500. The maximum Gasteiger partial charge on any atom is 0.256 e. The van der Waals surface area contributed by atoms with Gasteiger partial charge in [0.25, 0.3) is 5.91 Å². The molecule has 0 aliphatic carbocycles. The third kappa shape index (κ3) is 4.68. The van der Waals surface area contributed by atoms with Crippen LogP contribution in [0.5, 0.6) is 0 Å². The second-order valence-electron chi connectivity index (χ2n) is 7.26. The molecule has 1 aromatic carbocycles. The van der Waals surface area contributed by atoms with Gasteiger partial charge in [-0.3, -0.25) is 14.4 Å². The lowest BCUT2D eigenvalue weighted by Gasteiger charge is -2.28. The Bertz CT molecular complexity index is 822. The summed E-state index contributed by atoms with van der Waals surface area (Å²) in [6.45, 7) is 9.96. The Hall–Kier alpha value is -1.92. The van der Waals surface area contributed by atoms with E-state index in [0.29, 0.717) is 24.2 Å². The van der Waals surface area contributed by atoms with Gasteiger partial charge in [-0.15, -0.1) is 0 Å². The van der Waals surface area contributed by atoms with Crippen LogP contribution in [0.15, 0.2) is 24.3 Å². The van der Waals surface area contributed by atoms with Gasteiger partial charge in [0.15, 0.2) is 0 Å². The van der Waals surface area contributed by atoms with E-state index in [9.17, 15) is 9.18 Å². The molecule has 5 nitrogen and oxygen atoms in total. The van der Waals surface area contributed by atoms with E-state index in [0.717, 1.165) is 37.4 Å². The molecule has 0 bridgehead atoms. The summed E-state index contributed by atoms with van der Waals surface area (Å²) in [5.74, 6) is -0.830. The summed E-state index contributed by atoms with van der Waals surface area (Å²) in [7, 11) is 0. The first kappa shape index (κ1) is 19.8. The van der Waals surface area contributed by atoms with Gasteiger partial charge in [0.05, 0.1) is 17.8 Å². The molecular weight excluding hydrogens is 367 g/mol. The van der Waals surface area contributed by atoms with Crippen molar-refractivity contribution in [3.8, 4) is 0 Å². The highest BCUT2D eigenvalue weighted by Gasteiger charge is 2.25. The number of rotatable bonds is 4. The predicted molar refractivity (Wildman–Crippen MR) is 105 cm³/mol. The van der Waals surface area contributed by atoms with Crippen molar-refractivity contribution in [2.45, 2.75) is 39.8 Å². The summed E-state index contributed by atoms with van der Waals surface area (Å²) in [4.78, 5) is 16.8. The fourth-order valence-corrected chi connectivity index (χ4v) is 3.80. The standard InChI is InChI=1S/C20H26ClFN4O/c1-14-11-15(2)26(23-14)13-16(3)24-7-4-8-25(10-9-24)20(27)18-6-5-17(21)12-19(18)22/h5-6,11-12,16H,4,7-10,13H2,1-3H3. The Morgan fingerprint density at radius 2 is 2.00 bits per heavy atom. The second-order valence-corrected chi connectivity index (χ2v) is 7.70. The third-order valence-electron chi connectivity index (χ3n) is 5.14. The van der Waals surface area contributed by atoms with Gasteiger partial charge >= 0.3 is 0 Å². The van der Waals surface area contributed by atoms with Crippen LogP contribution in [0.4, 0.5) is 4.39 Å². The number of aromatic nitrogens is 2. The number of aryl methyl sites for hydroxylation is 2. The molecule has 0 radical (unpaired) electrons. The van der Waals surface area contributed by atoms with E-state index in [1.807, 2.05) is 11.6 Å². The first-order valence-electron chi connectivity index (χ1n) is 9.34. The van der Waals surface area contributed by atoms with Gasteiger partial charge in [-0.1, -0.05) is 11.6 Å². The van der Waals surface area contributed by atoms with Crippen molar-refractivity contribution < 1.29 is 9.18 Å². The van der Waals surface area contributed by atoms with Gasteiger partial charge < -0.3 is 4.90 Å². The van der Waals surface area contributed by atoms with E-state index in [2.05, 4.69) is 29.9 Å². The smallest absolute Gasteiger partial charge is 0.256 e. The number of amides is 1. The summed E-state index contributed by atoms with van der Waals surface area (Å²) in [5, 5.41) is 4.84. The molecule has 1 aromatic heterocycles. The van der Waals surface area contributed by atoms with E-state index < -0.39 is 5.82 Å². The SMILES string of the molecule is Cc1cc(C)n(CC(C)N2CCCN(C(=O)c3ccc(Cl)cc3F)CC2)n1. The van der Waals surface area contributed by atoms with Crippen LogP contribution in [0.25, 0.3) is 0 Å². The molecule has 146 valence electrons. The highest BCUT2D eigenvalue weighted by Crippen LogP contribution is 2.18. The predicted octanol–water partition coefficient (Wildman–Crippen LogP) is 3.53. The van der Waals surface area contributed by atoms with E-state index >= 15 is 0 Å². The molecule has 2 aromatic rings. The number of hydrogen-bond donors (Lipinski definition) is 0. The fourth-order valence-electron chi connectivity index (χ4n) is 3.64. The normalized spacial score (nSPS) is 17.0. The van der Waals surface area contributed by atoms with Crippen molar-refractivity contribution in [3.05, 3.63) is 52.1 Å². The molecule has 1 aliphatic heterocycles. The quantitative estimate of drug-likeness (QED) is 0.799. The highest BCUT2D eigenvalue weighted by molar-refractivity contribution is 6.30. The Labute approximate surface area is 164 Å². The third-order valence-corrected chi connectivity index (χ3v) is 5.38. The first-order chi connectivity index (χ1) is 12.8. The molecule has 1 unspecified atom stereocenters. The summed E-state index contributed by atoms with van der Waals surface area (Å²) in [6.07, 6.45) is 0.863. The van der Waals surface area contributed by atoms with Gasteiger partial charge in [-0.2, -0.15) is 5.10 Å². The van der Waals surface area contributed by atoms with Crippen LogP contribution in [-0.4, -0.2) is 57.7 Å². The molecule has 27 heavy (non-hydrogen) atoms. The number of carbonyl (C=O) groups excluding carboxylic acids is 1. The number of carbonyl (C=O) groups is 1. The lowest BCUT2D eigenvalue weighted by molar-refractivity contribution is 0.0753. The molecule has 1 amide bonds. The van der Waals surface area contributed by atoms with E-state index in [-0.39, 0.29) is 11.5 Å². The molecule has 2 heterocycles. The average Bonchev–Trinajstić information content (AvgIpc) is 2.81. The molecule has 0 spiro atoms. The minimum atomic E-state index is -0.563. The Morgan fingerprint density at radius 3 is 2.67 bits per heavy atom. The van der Waals surface area contributed by atoms with Crippen LogP contribution in [0, 0.1) is 19.7 Å². The molecular formula is C20H26ClFN4O. The zero-order valence-electron chi connectivity index (χ0n) is 16.1. The van der Waals surface area contributed by atoms with E-state index in [1.165, 1.54) is 12.1 Å². The Balaban J connectivity index is 1.62. The van der Waals surface area contributed by atoms with E-state index in [4.69, 9.17) is 11.6 Å². The monoisotopic (exact) mass is 392 g/mol. The molecule has 1 fully saturated rings. The van der Waals surface area contributed by atoms with E-state index in [1.54, 1.807) is 11.0 Å². The van der Waals surface area contributed by atoms with Gasteiger partial charge in [0.2, 0.25) is 0 Å². The zero-order valence-corrected chi connectivity index (χ0v) is 16.8. The van der Waals surface area contributed by atoms with Crippen LogP contribution >= 0.6 is 11.6 Å². The highest BCUT2D eigenvalue weighted by atomic mass is 35.5. The van der Waals surface area contributed by atoms with Gasteiger partial charge in [-0.05, 0) is 51.5 Å². The minimum absolute atomic E-state index is 0.0866. The molecule has 3 rings (SSSR count). The van der Waals surface area contributed by atoms with Crippen LogP contribution in [0.3, 0.4) is 0 Å². The maximum atomic E-state index is 14.1. The van der Waals surface area contributed by atoms with Crippen molar-refractivity contribution in [1.29, 1.82) is 0 Å². The number of benzene rings is 1. The van der Waals surface area contributed by atoms with Gasteiger partial charge in [0, 0.05) is 42.9 Å². The molecule has 0 N–H and O–H groups in total. The lowest BCUT2D eigenvalue weighted by atomic mass is 10.2. The maximum absolute atomic E-state index is 14.1. The number of nitrogens with zero attached hydrogens (tertiary/aromatic N) is 4. The second kappa shape index (κ2) is 8.40. The Morgan fingerprint density at radius 1 is 1.22 bits per heavy atom. The average molecular weight is 393 g/mol. The summed E-state index contributed by atoms with van der Waals surface area (Å²) in [6, 6.07) is 6.60. The largest absolute Gasteiger partial charge is 0.337 e. The Kier molecular flexibility index (Phi) is 6.17. The van der Waals surface area contributed by atoms with Crippen LogP contribution < -0.4 is 0 Å². The van der Waals surface area contributed by atoms with Gasteiger partial charge in [-0.25, -0.2) is 4.39 Å². The van der Waals surface area contributed by atoms with Crippen molar-refractivity contribution in [1.82, 2.24) is 19.6 Å². The molecule has 0 saturated carbocycles. The summed E-state index contributed by atoms with van der Waals surface area (Å²) >= 11 is 5.79. The zero-order chi connectivity index (χ0) is 19.6. The number of hydrogen-bond acceptors (Lipinski definition) is 3. The molecule has 1 saturated heterocycles. The van der Waals surface area contributed by atoms with Crippen LogP contribution in [0.2, 0.25) is 5.02 Å². The van der Waals surface area contributed by atoms with Crippen molar-refractivity contribution in [2.75, 3.05) is 26.2 Å². The van der Waals surface area contributed by atoms with Crippen LogP contribution in [0.1, 0.15) is 35.1 Å². The van der Waals surface area contributed by atoms with Crippen molar-refractivity contribution >= 4 is 17.5 Å². The topological polar surface area (TPSA) is 41.4 Å².